The lowest BCUT2D eigenvalue weighted by Crippen LogP contribution is -2.64. The van der Waals surface area contributed by atoms with E-state index in [1.807, 2.05) is 13.8 Å². The van der Waals surface area contributed by atoms with Crippen molar-refractivity contribution in [3.8, 4) is 0 Å². The van der Waals surface area contributed by atoms with Crippen molar-refractivity contribution in [3.63, 3.8) is 0 Å². The van der Waals surface area contributed by atoms with Gasteiger partial charge in [-0.05, 0) is 69.6 Å². The van der Waals surface area contributed by atoms with Gasteiger partial charge in [0.05, 0.1) is 17.6 Å². The highest BCUT2D eigenvalue weighted by molar-refractivity contribution is 7.89. The van der Waals surface area contributed by atoms with Gasteiger partial charge in [0.15, 0.2) is 5.96 Å². The normalized spacial score (nSPS) is 24.4. The summed E-state index contributed by atoms with van der Waals surface area (Å²) in [6, 6.07) is 4.43. The molecular formula is C40H57N9O10S. The van der Waals surface area contributed by atoms with Gasteiger partial charge in [-0.15, -0.1) is 0 Å². The highest BCUT2D eigenvalue weighted by Gasteiger charge is 2.45. The van der Waals surface area contributed by atoms with Crippen molar-refractivity contribution in [1.82, 2.24) is 30.5 Å². The van der Waals surface area contributed by atoms with Gasteiger partial charge in [0.25, 0.3) is 15.9 Å². The van der Waals surface area contributed by atoms with E-state index in [4.69, 9.17) is 11.5 Å². The van der Waals surface area contributed by atoms with Crippen molar-refractivity contribution in [2.45, 2.75) is 113 Å². The van der Waals surface area contributed by atoms with Gasteiger partial charge < -0.3 is 47.8 Å². The molecule has 4 rings (SSSR count). The molecule has 2 aliphatic rings. The number of carbonyl (C=O) groups is 6. The Hall–Kier alpha value is -5.60. The van der Waals surface area contributed by atoms with Crippen molar-refractivity contribution >= 4 is 51.4 Å². The molecule has 7 atom stereocenters. The summed E-state index contributed by atoms with van der Waals surface area (Å²) in [5.41, 5.74) is 12.2. The van der Waals surface area contributed by atoms with Gasteiger partial charge in [-0.3, -0.25) is 33.8 Å². The SMILES string of the molecule is Cc1ccc(S(=O)(=O)N2C(=O)[C@H](CO)NC(=O)[C@H](Cc3ccccc3)NC(=O)[C@@H]3CCCN3C(=O)[C@H](CC(C)C)NC(=O)[C@H]([C@@H](C)O)NC(=O)[C@@H]2CCCN=C(N)N)cc1. The molecule has 0 aromatic heterocycles. The minimum Gasteiger partial charge on any atom is -0.394 e. The third-order valence-corrected chi connectivity index (χ3v) is 12.1. The van der Waals surface area contributed by atoms with Gasteiger partial charge in [-0.25, -0.2) is 12.7 Å². The first-order valence-corrected chi connectivity index (χ1v) is 21.3. The number of hydrogen-bond acceptors (Lipinski definition) is 11. The highest BCUT2D eigenvalue weighted by atomic mass is 32.2. The van der Waals surface area contributed by atoms with E-state index >= 15 is 0 Å². The number of hydrogen-bond donors (Lipinski definition) is 8. The molecule has 10 N–H and O–H groups in total. The minimum atomic E-state index is -5.02. The molecule has 2 aliphatic heterocycles. The highest BCUT2D eigenvalue weighted by Crippen LogP contribution is 2.25. The summed E-state index contributed by atoms with van der Waals surface area (Å²) >= 11 is 0. The molecule has 0 aliphatic carbocycles. The Labute approximate surface area is 349 Å². The van der Waals surface area contributed by atoms with Gasteiger partial charge in [0.1, 0.15) is 36.3 Å². The van der Waals surface area contributed by atoms with Crippen LogP contribution in [-0.2, 0) is 45.2 Å². The molecule has 2 aromatic carbocycles. The van der Waals surface area contributed by atoms with Gasteiger partial charge in [0.2, 0.25) is 29.5 Å². The van der Waals surface area contributed by atoms with Crippen LogP contribution in [0.4, 0.5) is 0 Å². The van der Waals surface area contributed by atoms with E-state index in [1.165, 1.54) is 36.1 Å². The van der Waals surface area contributed by atoms with Crippen LogP contribution in [0.25, 0.3) is 0 Å². The van der Waals surface area contributed by atoms with Crippen LogP contribution in [0.3, 0.4) is 0 Å². The topological polar surface area (TPSA) is 296 Å². The number of fused-ring (bicyclic) bond motifs is 1. The first-order valence-electron chi connectivity index (χ1n) is 19.9. The summed E-state index contributed by atoms with van der Waals surface area (Å²) in [4.78, 5) is 90.5. The van der Waals surface area contributed by atoms with E-state index < -0.39 is 106 Å². The number of nitrogens with two attached hydrogens (primary N) is 2. The smallest absolute Gasteiger partial charge is 0.267 e. The Kier molecular flexibility index (Phi) is 16.5. The average Bonchev–Trinajstić information content (AvgIpc) is 3.69. The quantitative estimate of drug-likeness (QED) is 0.0691. The van der Waals surface area contributed by atoms with Gasteiger partial charge in [-0.2, -0.15) is 0 Å². The molecule has 60 heavy (non-hydrogen) atoms. The van der Waals surface area contributed by atoms with Gasteiger partial charge in [0, 0.05) is 19.5 Å². The molecule has 328 valence electrons. The summed E-state index contributed by atoms with van der Waals surface area (Å²) < 4.78 is 29.5. The Morgan fingerprint density at radius 3 is 2.07 bits per heavy atom. The molecule has 0 bridgehead atoms. The first kappa shape index (κ1) is 47.1. The van der Waals surface area contributed by atoms with Crippen molar-refractivity contribution in [3.05, 3.63) is 65.7 Å². The number of guanidine groups is 1. The second-order valence-electron chi connectivity index (χ2n) is 15.5. The number of rotatable bonds is 12. The van der Waals surface area contributed by atoms with Crippen LogP contribution in [0.2, 0.25) is 0 Å². The molecule has 0 unspecified atom stereocenters. The molecule has 6 amide bonds. The van der Waals surface area contributed by atoms with Crippen LogP contribution >= 0.6 is 0 Å². The van der Waals surface area contributed by atoms with E-state index in [0.717, 1.165) is 0 Å². The van der Waals surface area contributed by atoms with E-state index in [0.29, 0.717) is 17.5 Å². The monoisotopic (exact) mass is 855 g/mol. The predicted octanol–water partition coefficient (Wildman–Crippen LogP) is -1.46. The maximum atomic E-state index is 14.7. The predicted molar refractivity (Wildman–Crippen MR) is 220 cm³/mol. The van der Waals surface area contributed by atoms with Crippen LogP contribution in [0.15, 0.2) is 64.5 Å². The van der Waals surface area contributed by atoms with Gasteiger partial charge in [-0.1, -0.05) is 61.9 Å². The third kappa shape index (κ3) is 12.0. The van der Waals surface area contributed by atoms with Crippen LogP contribution in [0.5, 0.6) is 0 Å². The van der Waals surface area contributed by atoms with Crippen LogP contribution in [0, 0.1) is 12.8 Å². The Bertz CT molecular complexity index is 1990. The lowest BCUT2D eigenvalue weighted by Gasteiger charge is -2.35. The number of aryl methyl sites for hydroxylation is 1. The number of aliphatic imine (C=N–C) groups is 1. The van der Waals surface area contributed by atoms with Crippen molar-refractivity contribution < 1.29 is 47.4 Å². The van der Waals surface area contributed by atoms with Crippen LogP contribution in [-0.4, -0.2) is 131 Å². The summed E-state index contributed by atoms with van der Waals surface area (Å²) in [6.45, 7) is 5.39. The molecule has 0 saturated carbocycles. The molecule has 2 aromatic rings. The zero-order valence-electron chi connectivity index (χ0n) is 34.2. The summed E-state index contributed by atoms with van der Waals surface area (Å²) in [6.07, 6.45) is -1.53. The fourth-order valence-electron chi connectivity index (χ4n) is 7.16. The Morgan fingerprint density at radius 1 is 0.833 bits per heavy atom. The molecule has 2 saturated heterocycles. The molecule has 2 fully saturated rings. The number of amides is 6. The fraction of sp³-hybridized carbons (Fsp3) is 0.525. The average molecular weight is 856 g/mol. The second-order valence-corrected chi connectivity index (χ2v) is 17.3. The standard InChI is InChI=1S/C40H57N9O10S/c1-23(2)20-29-38(56)48-19-9-13-31(48)35(53)44-28(21-26-10-6-5-7-11-26)34(52)46-30(22-50)39(57)49(60(58,59)27-16-14-24(3)15-17-27)32(12-8-18-43-40(41)42)36(54)47-33(25(4)51)37(55)45-29/h5-7,10-11,14-17,23,25,28-33,50-51H,8-9,12-13,18-22H2,1-4H3,(H,44,53)(H,45,55)(H,46,52)(H,47,54)(H4,41,42,43)/t25-,28+,29+,30+,31+,32+,33+/m1/s1. The summed E-state index contributed by atoms with van der Waals surface area (Å²) in [5.74, 6) is -6.38. The largest absolute Gasteiger partial charge is 0.394 e. The van der Waals surface area contributed by atoms with E-state index in [1.54, 1.807) is 37.3 Å². The summed E-state index contributed by atoms with van der Waals surface area (Å²) in [7, 11) is -5.02. The van der Waals surface area contributed by atoms with Crippen LogP contribution in [0.1, 0.15) is 64.0 Å². The van der Waals surface area contributed by atoms with E-state index in [9.17, 15) is 47.4 Å². The van der Waals surface area contributed by atoms with Crippen molar-refractivity contribution in [1.29, 1.82) is 0 Å². The van der Waals surface area contributed by atoms with Crippen LogP contribution < -0.4 is 32.7 Å². The lowest BCUT2D eigenvalue weighted by atomic mass is 10.0. The number of nitrogens with zero attached hydrogens (tertiary/aromatic N) is 3. The van der Waals surface area contributed by atoms with Crippen molar-refractivity contribution in [2.24, 2.45) is 22.4 Å². The number of carbonyl (C=O) groups excluding carboxylic acids is 6. The Balaban J connectivity index is 1.93. The first-order chi connectivity index (χ1) is 28.3. The molecular weight excluding hydrogens is 799 g/mol. The summed E-state index contributed by atoms with van der Waals surface area (Å²) in [5, 5.41) is 31.6. The van der Waals surface area contributed by atoms with E-state index in [-0.39, 0.29) is 55.0 Å². The zero-order chi connectivity index (χ0) is 44.3. The maximum absolute atomic E-state index is 14.7. The number of aliphatic hydroxyl groups is 2. The fourth-order valence-corrected chi connectivity index (χ4v) is 8.77. The molecule has 19 nitrogen and oxygen atoms in total. The minimum absolute atomic E-state index is 0.0992. The lowest BCUT2D eigenvalue weighted by molar-refractivity contribution is -0.144. The molecule has 0 spiro atoms. The zero-order valence-corrected chi connectivity index (χ0v) is 35.1. The molecule has 2 heterocycles. The molecule has 20 heteroatoms. The third-order valence-electron chi connectivity index (χ3n) is 10.2. The second kappa shape index (κ2) is 21.1. The molecule has 0 radical (unpaired) electrons. The Morgan fingerprint density at radius 2 is 1.47 bits per heavy atom. The number of sulfonamides is 1. The number of aliphatic hydroxyl groups excluding tert-OH is 2. The number of benzene rings is 2. The maximum Gasteiger partial charge on any atom is 0.267 e. The van der Waals surface area contributed by atoms with Gasteiger partial charge >= 0.3 is 0 Å². The van der Waals surface area contributed by atoms with Crippen molar-refractivity contribution in [2.75, 3.05) is 19.7 Å². The number of nitrogens with one attached hydrogen (secondary N) is 4. The van der Waals surface area contributed by atoms with E-state index in [2.05, 4.69) is 26.3 Å².